The molecule has 20 heavy (non-hydrogen) atoms. The highest BCUT2D eigenvalue weighted by Gasteiger charge is 2.55. The van der Waals surface area contributed by atoms with E-state index in [4.69, 9.17) is 0 Å². The Morgan fingerprint density at radius 3 is 2.20 bits per heavy atom. The van der Waals surface area contributed by atoms with Gasteiger partial charge in [-0.15, -0.1) is 0 Å². The molecule has 1 saturated heterocycles. The first-order valence-corrected chi connectivity index (χ1v) is 7.70. The number of hydrogen-bond acceptors (Lipinski definition) is 2. The molecule has 1 saturated carbocycles. The first-order valence-electron chi connectivity index (χ1n) is 7.70. The van der Waals surface area contributed by atoms with Crippen LogP contribution in [0.1, 0.15) is 47.0 Å². The Morgan fingerprint density at radius 1 is 1.15 bits per heavy atom. The van der Waals surface area contributed by atoms with Crippen LogP contribution >= 0.6 is 0 Å². The van der Waals surface area contributed by atoms with E-state index in [2.05, 4.69) is 24.1 Å². The van der Waals surface area contributed by atoms with Crippen LogP contribution in [-0.4, -0.2) is 42.3 Å². The van der Waals surface area contributed by atoms with Crippen molar-refractivity contribution in [1.82, 2.24) is 10.2 Å². The molecule has 2 atom stereocenters. The van der Waals surface area contributed by atoms with Crippen molar-refractivity contribution >= 4 is 0 Å². The average Bonchev–Trinajstić information content (AvgIpc) is 2.24. The predicted molar refractivity (Wildman–Crippen MR) is 74.6 cm³/mol. The molecule has 0 unspecified atom stereocenters. The number of hydrogen-bond donors (Lipinski definition) is 1. The number of rotatable bonds is 3. The molecule has 1 aliphatic carbocycles. The maximum Gasteiger partial charge on any atom is 0.393 e. The van der Waals surface area contributed by atoms with E-state index in [1.807, 2.05) is 13.8 Å². The van der Waals surface area contributed by atoms with Gasteiger partial charge in [0.25, 0.3) is 0 Å². The number of nitrogens with one attached hydrogen (secondary N) is 1. The lowest BCUT2D eigenvalue weighted by Crippen LogP contribution is -2.63. The van der Waals surface area contributed by atoms with Crippen LogP contribution in [-0.2, 0) is 0 Å². The molecule has 2 nitrogen and oxygen atoms in total. The predicted octanol–water partition coefficient (Wildman–Crippen LogP) is 3.43. The molecule has 2 rings (SSSR count). The lowest BCUT2D eigenvalue weighted by molar-refractivity contribution is -0.212. The fraction of sp³-hybridized carbons (Fsp3) is 1.00. The highest BCUT2D eigenvalue weighted by atomic mass is 19.4. The van der Waals surface area contributed by atoms with Gasteiger partial charge in [-0.2, -0.15) is 13.2 Å². The molecule has 0 radical (unpaired) electrons. The van der Waals surface area contributed by atoms with E-state index in [-0.39, 0.29) is 11.5 Å². The normalized spacial score (nSPS) is 31.1. The second-order valence-corrected chi connectivity index (χ2v) is 7.32. The third-order valence-corrected chi connectivity index (χ3v) is 4.90. The molecule has 1 heterocycles. The van der Waals surface area contributed by atoms with Crippen LogP contribution in [0.25, 0.3) is 0 Å². The van der Waals surface area contributed by atoms with Crippen LogP contribution in [0, 0.1) is 11.3 Å². The van der Waals surface area contributed by atoms with E-state index in [0.717, 1.165) is 19.5 Å². The van der Waals surface area contributed by atoms with Gasteiger partial charge in [-0.05, 0) is 38.5 Å². The van der Waals surface area contributed by atoms with Gasteiger partial charge in [-0.1, -0.05) is 13.8 Å². The van der Waals surface area contributed by atoms with Crippen molar-refractivity contribution < 1.29 is 13.2 Å². The highest BCUT2D eigenvalue weighted by Crippen LogP contribution is 2.50. The van der Waals surface area contributed by atoms with E-state index in [1.165, 1.54) is 0 Å². The fourth-order valence-electron chi connectivity index (χ4n) is 3.81. The Morgan fingerprint density at radius 2 is 1.75 bits per heavy atom. The van der Waals surface area contributed by atoms with Crippen molar-refractivity contribution in [2.24, 2.45) is 11.3 Å². The molecule has 0 amide bonds. The van der Waals surface area contributed by atoms with Crippen LogP contribution in [0.2, 0.25) is 0 Å². The van der Waals surface area contributed by atoms with Crippen LogP contribution < -0.4 is 5.32 Å². The van der Waals surface area contributed by atoms with Gasteiger partial charge in [0.15, 0.2) is 0 Å². The summed E-state index contributed by atoms with van der Waals surface area (Å²) < 4.78 is 40.0. The molecule has 0 aromatic heterocycles. The molecule has 118 valence electrons. The van der Waals surface area contributed by atoms with Gasteiger partial charge in [0.2, 0.25) is 0 Å². The molecule has 1 N–H and O–H groups in total. The maximum atomic E-state index is 13.3. The van der Waals surface area contributed by atoms with Gasteiger partial charge < -0.3 is 5.32 Å². The fourth-order valence-corrected chi connectivity index (χ4v) is 3.81. The smallest absolute Gasteiger partial charge is 0.311 e. The SMILES string of the molecule is CC(C)N[C@H]1CCC2(C[C@H]1C(F)(F)F)CN(C(C)C)C2. The molecule has 2 fully saturated rings. The number of alkyl halides is 3. The summed E-state index contributed by atoms with van der Waals surface area (Å²) in [5.74, 6) is -1.19. The Hall–Kier alpha value is -0.290. The van der Waals surface area contributed by atoms with Gasteiger partial charge in [-0.25, -0.2) is 0 Å². The summed E-state index contributed by atoms with van der Waals surface area (Å²) >= 11 is 0. The van der Waals surface area contributed by atoms with E-state index in [0.29, 0.717) is 18.9 Å². The Labute approximate surface area is 120 Å². The monoisotopic (exact) mass is 292 g/mol. The van der Waals surface area contributed by atoms with Gasteiger partial charge in [0, 0.05) is 31.2 Å². The number of likely N-dealkylation sites (tertiary alicyclic amines) is 1. The summed E-state index contributed by atoms with van der Waals surface area (Å²) in [5.41, 5.74) is -0.0837. The van der Waals surface area contributed by atoms with Gasteiger partial charge >= 0.3 is 6.18 Å². The topological polar surface area (TPSA) is 15.3 Å². The molecule has 5 heteroatoms. The Kier molecular flexibility index (Phi) is 4.41. The van der Waals surface area contributed by atoms with E-state index in [9.17, 15) is 13.2 Å². The lowest BCUT2D eigenvalue weighted by atomic mass is 9.63. The van der Waals surface area contributed by atoms with Crippen LogP contribution in [0.3, 0.4) is 0 Å². The van der Waals surface area contributed by atoms with Crippen LogP contribution in [0.15, 0.2) is 0 Å². The van der Waals surface area contributed by atoms with Crippen molar-refractivity contribution in [3.63, 3.8) is 0 Å². The lowest BCUT2D eigenvalue weighted by Gasteiger charge is -2.57. The Balaban J connectivity index is 2.03. The third kappa shape index (κ3) is 3.30. The molecule has 1 aliphatic heterocycles. The largest absolute Gasteiger partial charge is 0.393 e. The van der Waals surface area contributed by atoms with Crippen molar-refractivity contribution in [2.75, 3.05) is 13.1 Å². The summed E-state index contributed by atoms with van der Waals surface area (Å²) in [6.45, 7) is 9.74. The molecule has 0 bridgehead atoms. The van der Waals surface area contributed by atoms with Gasteiger partial charge in [-0.3, -0.25) is 4.90 Å². The zero-order chi connectivity index (χ0) is 15.1. The summed E-state index contributed by atoms with van der Waals surface area (Å²) in [6.07, 6.45) is -2.22. The van der Waals surface area contributed by atoms with Crippen LogP contribution in [0.4, 0.5) is 13.2 Å². The van der Waals surface area contributed by atoms with Crippen molar-refractivity contribution in [1.29, 1.82) is 0 Å². The molecular formula is C15H27F3N2. The minimum absolute atomic E-state index is 0.0837. The minimum Gasteiger partial charge on any atom is -0.311 e. The summed E-state index contributed by atoms with van der Waals surface area (Å²) in [7, 11) is 0. The number of halogens is 3. The van der Waals surface area contributed by atoms with Gasteiger partial charge in [0.05, 0.1) is 5.92 Å². The molecule has 0 aromatic rings. The summed E-state index contributed by atoms with van der Waals surface area (Å²) in [4.78, 5) is 2.28. The highest BCUT2D eigenvalue weighted by molar-refractivity contribution is 5.04. The molecule has 0 aromatic carbocycles. The third-order valence-electron chi connectivity index (χ3n) is 4.90. The second kappa shape index (κ2) is 5.48. The zero-order valence-electron chi connectivity index (χ0n) is 12.9. The van der Waals surface area contributed by atoms with E-state index < -0.39 is 18.1 Å². The van der Waals surface area contributed by atoms with Crippen molar-refractivity contribution in [3.8, 4) is 0 Å². The first-order chi connectivity index (χ1) is 9.13. The van der Waals surface area contributed by atoms with E-state index in [1.54, 1.807) is 0 Å². The van der Waals surface area contributed by atoms with Crippen LogP contribution in [0.5, 0.6) is 0 Å². The standard InChI is InChI=1S/C15H27F3N2/c1-10(2)19-13-5-6-14(7-12(13)15(16,17)18)8-20(9-14)11(3)4/h10-13,19H,5-9H2,1-4H3/t12-,13+/m1/s1. The maximum absolute atomic E-state index is 13.3. The van der Waals surface area contributed by atoms with E-state index >= 15 is 0 Å². The molecule has 1 spiro atoms. The summed E-state index contributed by atoms with van der Waals surface area (Å²) in [6, 6.07) is 0.137. The molecular weight excluding hydrogens is 265 g/mol. The van der Waals surface area contributed by atoms with Gasteiger partial charge in [0.1, 0.15) is 0 Å². The molecule has 2 aliphatic rings. The number of nitrogens with zero attached hydrogens (tertiary/aromatic N) is 1. The van der Waals surface area contributed by atoms with Crippen molar-refractivity contribution in [3.05, 3.63) is 0 Å². The first kappa shape index (κ1) is 16.1. The quantitative estimate of drug-likeness (QED) is 0.857. The minimum atomic E-state index is -4.09. The summed E-state index contributed by atoms with van der Waals surface area (Å²) in [5, 5.41) is 3.12. The second-order valence-electron chi connectivity index (χ2n) is 7.32. The average molecular weight is 292 g/mol. The Bertz CT molecular complexity index is 333. The zero-order valence-corrected chi connectivity index (χ0v) is 12.9. The van der Waals surface area contributed by atoms with Crippen molar-refractivity contribution in [2.45, 2.75) is 71.3 Å².